The predicted octanol–water partition coefficient (Wildman–Crippen LogP) is 2.18. The number of hydrogen-bond acceptors (Lipinski definition) is 2. The molecule has 4 heteroatoms. The van der Waals surface area contributed by atoms with Gasteiger partial charge in [0.05, 0.1) is 0 Å². The van der Waals surface area contributed by atoms with Crippen LogP contribution in [0.4, 0.5) is 0 Å². The first-order chi connectivity index (χ1) is 9.75. The fourth-order valence-corrected chi connectivity index (χ4v) is 2.28. The normalized spacial score (nSPS) is 14.0. The highest BCUT2D eigenvalue weighted by molar-refractivity contribution is 5.94. The molecule has 4 nitrogen and oxygen atoms in total. The van der Waals surface area contributed by atoms with Gasteiger partial charge in [0.1, 0.15) is 5.56 Å². The first-order valence-corrected chi connectivity index (χ1v) is 6.78. The van der Waals surface area contributed by atoms with Gasteiger partial charge in [-0.2, -0.15) is 0 Å². The second-order valence-electron chi connectivity index (χ2n) is 5.06. The molecule has 0 saturated heterocycles. The van der Waals surface area contributed by atoms with Crippen LogP contribution < -0.4 is 5.56 Å². The third-order valence-electron chi connectivity index (χ3n) is 3.49. The van der Waals surface area contributed by atoms with Gasteiger partial charge in [-0.25, -0.2) is 0 Å². The summed E-state index contributed by atoms with van der Waals surface area (Å²) < 4.78 is 0. The van der Waals surface area contributed by atoms with Crippen LogP contribution in [0.15, 0.2) is 53.5 Å². The van der Waals surface area contributed by atoms with E-state index in [1.807, 2.05) is 30.3 Å². The van der Waals surface area contributed by atoms with Crippen LogP contribution in [-0.4, -0.2) is 21.8 Å². The van der Waals surface area contributed by atoms with Gasteiger partial charge in [0.2, 0.25) is 0 Å². The second kappa shape index (κ2) is 5.33. The minimum absolute atomic E-state index is 0.182. The summed E-state index contributed by atoms with van der Waals surface area (Å²) in [7, 11) is 0. The Morgan fingerprint density at radius 1 is 1.15 bits per heavy atom. The van der Waals surface area contributed by atoms with E-state index in [0.29, 0.717) is 6.54 Å². The van der Waals surface area contributed by atoms with Gasteiger partial charge in [-0.15, -0.1) is 0 Å². The molecular formula is C16H16N2O2. The Labute approximate surface area is 117 Å². The number of pyridine rings is 1. The molecule has 3 rings (SSSR count). The maximum atomic E-state index is 12.6. The van der Waals surface area contributed by atoms with Crippen LogP contribution in [0, 0.1) is 0 Å². The van der Waals surface area contributed by atoms with Crippen LogP contribution in [0.25, 0.3) is 0 Å². The van der Waals surface area contributed by atoms with Crippen molar-refractivity contribution in [1.29, 1.82) is 0 Å². The molecule has 1 N–H and O–H groups in total. The topological polar surface area (TPSA) is 53.2 Å². The summed E-state index contributed by atoms with van der Waals surface area (Å²) in [5.74, 6) is -0.182. The van der Waals surface area contributed by atoms with Crippen LogP contribution in [0.1, 0.15) is 28.8 Å². The van der Waals surface area contributed by atoms with E-state index in [4.69, 9.17) is 0 Å². The highest BCUT2D eigenvalue weighted by Crippen LogP contribution is 2.29. The van der Waals surface area contributed by atoms with Gasteiger partial charge in [0.25, 0.3) is 11.5 Å². The number of H-pyrrole nitrogens is 1. The molecule has 102 valence electrons. The molecule has 0 unspecified atom stereocenters. The van der Waals surface area contributed by atoms with E-state index in [9.17, 15) is 9.59 Å². The average Bonchev–Trinajstić information content (AvgIpc) is 3.30. The SMILES string of the molecule is O=C(c1ccc[nH]c1=O)N(Cc1ccccc1)C1CC1. The lowest BCUT2D eigenvalue weighted by Crippen LogP contribution is -2.35. The zero-order chi connectivity index (χ0) is 13.9. The summed E-state index contributed by atoms with van der Waals surface area (Å²) in [6.45, 7) is 0.554. The summed E-state index contributed by atoms with van der Waals surface area (Å²) in [4.78, 5) is 28.7. The predicted molar refractivity (Wildman–Crippen MR) is 76.4 cm³/mol. The molecule has 1 aromatic carbocycles. The zero-order valence-electron chi connectivity index (χ0n) is 11.1. The smallest absolute Gasteiger partial charge is 0.260 e. The Kier molecular flexibility index (Phi) is 3.37. The lowest BCUT2D eigenvalue weighted by Gasteiger charge is -2.22. The number of carbonyl (C=O) groups excluding carboxylic acids is 1. The third-order valence-corrected chi connectivity index (χ3v) is 3.49. The Balaban J connectivity index is 1.86. The molecule has 0 spiro atoms. The van der Waals surface area contributed by atoms with Crippen LogP contribution >= 0.6 is 0 Å². The molecule has 1 heterocycles. The number of nitrogens with one attached hydrogen (secondary N) is 1. The largest absolute Gasteiger partial charge is 0.331 e. The summed E-state index contributed by atoms with van der Waals surface area (Å²) in [6, 6.07) is 13.4. The summed E-state index contributed by atoms with van der Waals surface area (Å²) >= 11 is 0. The van der Waals surface area contributed by atoms with E-state index < -0.39 is 0 Å². The van der Waals surface area contributed by atoms with Crippen molar-refractivity contribution in [3.8, 4) is 0 Å². The Bertz CT molecular complexity index is 659. The van der Waals surface area contributed by atoms with E-state index in [1.165, 1.54) is 6.20 Å². The molecule has 1 aliphatic rings. The fraction of sp³-hybridized carbons (Fsp3) is 0.250. The quantitative estimate of drug-likeness (QED) is 0.924. The molecule has 1 amide bonds. The maximum absolute atomic E-state index is 12.6. The Hall–Kier alpha value is -2.36. The maximum Gasteiger partial charge on any atom is 0.260 e. The van der Waals surface area contributed by atoms with Crippen molar-refractivity contribution in [2.24, 2.45) is 0 Å². The van der Waals surface area contributed by atoms with Gasteiger partial charge in [-0.3, -0.25) is 9.59 Å². The van der Waals surface area contributed by atoms with Gasteiger partial charge in [-0.05, 0) is 30.5 Å². The molecule has 1 aromatic heterocycles. The minimum atomic E-state index is -0.323. The van der Waals surface area contributed by atoms with E-state index >= 15 is 0 Å². The summed E-state index contributed by atoms with van der Waals surface area (Å²) in [5.41, 5.74) is 0.978. The fourth-order valence-electron chi connectivity index (χ4n) is 2.28. The molecule has 20 heavy (non-hydrogen) atoms. The van der Waals surface area contributed by atoms with Gasteiger partial charge in [0, 0.05) is 18.8 Å². The van der Waals surface area contributed by atoms with Crippen molar-refractivity contribution < 1.29 is 4.79 Å². The molecule has 1 fully saturated rings. The number of benzene rings is 1. The molecule has 0 bridgehead atoms. The van der Waals surface area contributed by atoms with Crippen LogP contribution in [0.3, 0.4) is 0 Å². The van der Waals surface area contributed by atoms with E-state index in [2.05, 4.69) is 4.98 Å². The summed E-state index contributed by atoms with van der Waals surface area (Å²) in [6.07, 6.45) is 3.57. The molecular weight excluding hydrogens is 252 g/mol. The number of nitrogens with zero attached hydrogens (tertiary/aromatic N) is 1. The van der Waals surface area contributed by atoms with Gasteiger partial charge in [0.15, 0.2) is 0 Å². The van der Waals surface area contributed by atoms with E-state index in [0.717, 1.165) is 18.4 Å². The average molecular weight is 268 g/mol. The molecule has 0 radical (unpaired) electrons. The van der Waals surface area contributed by atoms with Gasteiger partial charge < -0.3 is 9.88 Å². The number of aromatic nitrogens is 1. The van der Waals surface area contributed by atoms with Crippen molar-refractivity contribution in [3.63, 3.8) is 0 Å². The molecule has 0 aliphatic heterocycles. The number of aromatic amines is 1. The number of rotatable bonds is 4. The monoisotopic (exact) mass is 268 g/mol. The van der Waals surface area contributed by atoms with Crippen molar-refractivity contribution in [2.45, 2.75) is 25.4 Å². The lowest BCUT2D eigenvalue weighted by molar-refractivity contribution is 0.0728. The molecule has 2 aromatic rings. The van der Waals surface area contributed by atoms with Crippen molar-refractivity contribution in [2.75, 3.05) is 0 Å². The minimum Gasteiger partial charge on any atom is -0.331 e. The van der Waals surface area contributed by atoms with Crippen molar-refractivity contribution in [3.05, 3.63) is 70.1 Å². The van der Waals surface area contributed by atoms with E-state index in [-0.39, 0.29) is 23.1 Å². The van der Waals surface area contributed by atoms with Crippen LogP contribution in [0.2, 0.25) is 0 Å². The molecule has 1 saturated carbocycles. The van der Waals surface area contributed by atoms with Crippen molar-refractivity contribution in [1.82, 2.24) is 9.88 Å². The van der Waals surface area contributed by atoms with Gasteiger partial charge in [-0.1, -0.05) is 30.3 Å². The zero-order valence-corrected chi connectivity index (χ0v) is 11.1. The Morgan fingerprint density at radius 3 is 2.55 bits per heavy atom. The molecule has 1 aliphatic carbocycles. The first-order valence-electron chi connectivity index (χ1n) is 6.78. The lowest BCUT2D eigenvalue weighted by atomic mass is 10.2. The van der Waals surface area contributed by atoms with Crippen LogP contribution in [-0.2, 0) is 6.54 Å². The standard InChI is InChI=1S/C16H16N2O2/c19-15-14(7-4-10-17-15)16(20)18(13-8-9-13)11-12-5-2-1-3-6-12/h1-7,10,13H,8-9,11H2,(H,17,19). The number of hydrogen-bond donors (Lipinski definition) is 1. The Morgan fingerprint density at radius 2 is 1.90 bits per heavy atom. The first kappa shape index (κ1) is 12.7. The number of carbonyl (C=O) groups is 1. The van der Waals surface area contributed by atoms with Crippen LogP contribution in [0.5, 0.6) is 0 Å². The van der Waals surface area contributed by atoms with Gasteiger partial charge >= 0.3 is 0 Å². The highest BCUT2D eigenvalue weighted by Gasteiger charge is 2.33. The number of amides is 1. The van der Waals surface area contributed by atoms with Crippen molar-refractivity contribution >= 4 is 5.91 Å². The molecule has 0 atom stereocenters. The third kappa shape index (κ3) is 2.64. The summed E-state index contributed by atoms with van der Waals surface area (Å²) in [5, 5.41) is 0. The van der Waals surface area contributed by atoms with E-state index in [1.54, 1.807) is 17.0 Å². The highest BCUT2D eigenvalue weighted by atomic mass is 16.2. The second-order valence-corrected chi connectivity index (χ2v) is 5.06.